The highest BCUT2D eigenvalue weighted by Crippen LogP contribution is 2.09. The fraction of sp³-hybridized carbons (Fsp3) is 1.00. The Bertz CT molecular complexity index is 179. The fourth-order valence-electron chi connectivity index (χ4n) is 1.42. The summed E-state index contributed by atoms with van der Waals surface area (Å²) < 4.78 is 20.3. The Labute approximate surface area is 111 Å². The average Bonchev–Trinajstić information content (AvgIpc) is 3.27. The van der Waals surface area contributed by atoms with E-state index in [1.165, 1.54) is 25.7 Å². The maximum absolute atomic E-state index is 5.38. The predicted octanol–water partition coefficient (Wildman–Crippen LogP) is 2.40. The molecule has 2 fully saturated rings. The average molecular weight is 260 g/mol. The molecule has 2 unspecified atom stereocenters. The van der Waals surface area contributed by atoms with Crippen molar-refractivity contribution in [2.75, 3.05) is 39.6 Å². The van der Waals surface area contributed by atoms with Gasteiger partial charge < -0.3 is 18.9 Å². The van der Waals surface area contributed by atoms with Crippen LogP contribution in [0.2, 0.25) is 0 Å². The summed E-state index contributed by atoms with van der Waals surface area (Å²) in [6, 6.07) is 0. The van der Waals surface area contributed by atoms with Crippen LogP contribution in [0, 0.1) is 0 Å². The van der Waals surface area contributed by atoms with Crippen LogP contribution >= 0.6 is 0 Å². The maximum Gasteiger partial charge on any atom is 0.104 e. The van der Waals surface area contributed by atoms with Crippen LogP contribution < -0.4 is 0 Å². The summed E-state index contributed by atoms with van der Waals surface area (Å²) in [6.45, 7) is 9.35. The van der Waals surface area contributed by atoms with Gasteiger partial charge in [0.15, 0.2) is 0 Å². The zero-order valence-corrected chi connectivity index (χ0v) is 11.9. The smallest absolute Gasteiger partial charge is 0.104 e. The summed E-state index contributed by atoms with van der Waals surface area (Å²) in [7, 11) is 0. The summed E-state index contributed by atoms with van der Waals surface area (Å²) in [5, 5.41) is 0. The molecule has 108 valence electrons. The molecule has 18 heavy (non-hydrogen) atoms. The lowest BCUT2D eigenvalue weighted by atomic mass is 10.2. The van der Waals surface area contributed by atoms with Gasteiger partial charge in [-0.1, -0.05) is 26.2 Å². The lowest BCUT2D eigenvalue weighted by Crippen LogP contribution is -2.02. The van der Waals surface area contributed by atoms with Crippen LogP contribution in [0.3, 0.4) is 0 Å². The van der Waals surface area contributed by atoms with E-state index in [-0.39, 0.29) is 0 Å². The van der Waals surface area contributed by atoms with Crippen LogP contribution in [0.5, 0.6) is 0 Å². The highest BCUT2D eigenvalue weighted by Gasteiger charge is 2.22. The van der Waals surface area contributed by atoms with E-state index in [2.05, 4.69) is 6.92 Å². The molecule has 0 aromatic carbocycles. The second-order valence-electron chi connectivity index (χ2n) is 4.71. The molecule has 0 amide bonds. The molecule has 4 heteroatoms. The minimum absolute atomic E-state index is 0.431. The van der Waals surface area contributed by atoms with Crippen molar-refractivity contribution >= 4 is 0 Å². The van der Waals surface area contributed by atoms with Gasteiger partial charge in [0.25, 0.3) is 0 Å². The second-order valence-corrected chi connectivity index (χ2v) is 4.71. The largest absolute Gasteiger partial charge is 0.379 e. The van der Waals surface area contributed by atoms with Gasteiger partial charge in [-0.25, -0.2) is 0 Å². The molecule has 2 aliphatic heterocycles. The van der Waals surface area contributed by atoms with Crippen LogP contribution in [-0.2, 0) is 18.9 Å². The number of ether oxygens (including phenoxy) is 4. The van der Waals surface area contributed by atoms with E-state index in [0.29, 0.717) is 12.2 Å². The maximum atomic E-state index is 5.38. The van der Waals surface area contributed by atoms with Crippen molar-refractivity contribution in [2.45, 2.75) is 51.7 Å². The lowest BCUT2D eigenvalue weighted by Gasteiger charge is -2.00. The third kappa shape index (κ3) is 11.0. The highest BCUT2D eigenvalue weighted by molar-refractivity contribution is 4.67. The summed E-state index contributed by atoms with van der Waals surface area (Å²) in [6.07, 6.45) is 6.01. The molecule has 2 atom stereocenters. The van der Waals surface area contributed by atoms with E-state index < -0.39 is 0 Å². The molecule has 2 rings (SSSR count). The molecule has 0 N–H and O–H groups in total. The monoisotopic (exact) mass is 260 g/mol. The fourth-order valence-corrected chi connectivity index (χ4v) is 1.42. The summed E-state index contributed by atoms with van der Waals surface area (Å²) in [5.41, 5.74) is 0. The van der Waals surface area contributed by atoms with Crippen molar-refractivity contribution < 1.29 is 18.9 Å². The Morgan fingerprint density at radius 1 is 0.889 bits per heavy atom. The number of hydrogen-bond acceptors (Lipinski definition) is 4. The SMILES string of the molecule is CCCCCCOCC1CO1.CCOCC1CO1. The number of unbranched alkanes of at least 4 members (excludes halogenated alkanes) is 3. The van der Waals surface area contributed by atoms with Gasteiger partial charge in [-0.3, -0.25) is 0 Å². The molecule has 0 aliphatic carbocycles. The molecule has 0 saturated carbocycles. The van der Waals surface area contributed by atoms with Crippen LogP contribution in [-0.4, -0.2) is 51.8 Å². The molecule has 2 saturated heterocycles. The Balaban J connectivity index is 0.000000199. The lowest BCUT2D eigenvalue weighted by molar-refractivity contribution is 0.113. The second kappa shape index (κ2) is 10.7. The molecule has 0 bridgehead atoms. The zero-order valence-electron chi connectivity index (χ0n) is 11.9. The predicted molar refractivity (Wildman–Crippen MR) is 70.9 cm³/mol. The van der Waals surface area contributed by atoms with Crippen LogP contribution in [0.25, 0.3) is 0 Å². The number of epoxide rings is 2. The quantitative estimate of drug-likeness (QED) is 0.447. The van der Waals surface area contributed by atoms with Crippen molar-refractivity contribution in [1.29, 1.82) is 0 Å². The molecule has 0 aromatic heterocycles. The van der Waals surface area contributed by atoms with Crippen LogP contribution in [0.4, 0.5) is 0 Å². The van der Waals surface area contributed by atoms with Crippen molar-refractivity contribution in [2.24, 2.45) is 0 Å². The van der Waals surface area contributed by atoms with Gasteiger partial charge in [0.05, 0.1) is 26.4 Å². The Hall–Kier alpha value is -0.160. The first-order chi connectivity index (χ1) is 8.86. The van der Waals surface area contributed by atoms with Gasteiger partial charge in [0, 0.05) is 13.2 Å². The molecule has 2 heterocycles. The van der Waals surface area contributed by atoms with E-state index in [1.54, 1.807) is 0 Å². The third-order valence-electron chi connectivity index (χ3n) is 2.76. The van der Waals surface area contributed by atoms with Gasteiger partial charge in [-0.15, -0.1) is 0 Å². The van der Waals surface area contributed by atoms with Crippen molar-refractivity contribution in [3.63, 3.8) is 0 Å². The molecule has 0 radical (unpaired) electrons. The van der Waals surface area contributed by atoms with Gasteiger partial charge in [-0.2, -0.15) is 0 Å². The minimum Gasteiger partial charge on any atom is -0.379 e. The van der Waals surface area contributed by atoms with Crippen molar-refractivity contribution in [1.82, 2.24) is 0 Å². The highest BCUT2D eigenvalue weighted by atomic mass is 16.6. The molecular formula is C14H28O4. The molecule has 4 nitrogen and oxygen atoms in total. The van der Waals surface area contributed by atoms with E-state index in [4.69, 9.17) is 18.9 Å². The third-order valence-corrected chi connectivity index (χ3v) is 2.76. The van der Waals surface area contributed by atoms with Crippen molar-refractivity contribution in [3.8, 4) is 0 Å². The molecule has 0 aromatic rings. The van der Waals surface area contributed by atoms with E-state index in [9.17, 15) is 0 Å². The first-order valence-electron chi connectivity index (χ1n) is 7.25. The Morgan fingerprint density at radius 3 is 2.00 bits per heavy atom. The standard InChI is InChI=1S/C9H18O2.C5H10O2/c1-2-3-4-5-6-10-7-9-8-11-9;1-2-6-3-5-4-7-5/h9H,2-8H2,1H3;5H,2-4H2,1H3. The summed E-state index contributed by atoms with van der Waals surface area (Å²) >= 11 is 0. The number of rotatable bonds is 10. The normalized spacial score (nSPS) is 24.3. The molecule has 0 spiro atoms. The van der Waals surface area contributed by atoms with E-state index in [0.717, 1.165) is 39.6 Å². The van der Waals surface area contributed by atoms with E-state index >= 15 is 0 Å². The molecular weight excluding hydrogens is 232 g/mol. The van der Waals surface area contributed by atoms with Gasteiger partial charge >= 0.3 is 0 Å². The molecule has 2 aliphatic rings. The van der Waals surface area contributed by atoms with Crippen molar-refractivity contribution in [3.05, 3.63) is 0 Å². The summed E-state index contributed by atoms with van der Waals surface area (Å²) in [4.78, 5) is 0. The minimum atomic E-state index is 0.431. The van der Waals surface area contributed by atoms with Gasteiger partial charge in [0.1, 0.15) is 12.2 Å². The Kier molecular flexibility index (Phi) is 9.48. The van der Waals surface area contributed by atoms with Crippen LogP contribution in [0.15, 0.2) is 0 Å². The van der Waals surface area contributed by atoms with E-state index in [1.807, 2.05) is 6.92 Å². The topological polar surface area (TPSA) is 43.5 Å². The Morgan fingerprint density at radius 2 is 1.50 bits per heavy atom. The number of hydrogen-bond donors (Lipinski definition) is 0. The zero-order chi connectivity index (χ0) is 13.1. The first kappa shape index (κ1) is 15.9. The summed E-state index contributed by atoms with van der Waals surface area (Å²) in [5.74, 6) is 0. The van der Waals surface area contributed by atoms with Gasteiger partial charge in [-0.05, 0) is 13.3 Å². The first-order valence-corrected chi connectivity index (χ1v) is 7.25. The van der Waals surface area contributed by atoms with Gasteiger partial charge in [0.2, 0.25) is 0 Å². The van der Waals surface area contributed by atoms with Crippen LogP contribution in [0.1, 0.15) is 39.5 Å².